The highest BCUT2D eigenvalue weighted by Gasteiger charge is 2.15. The van der Waals surface area contributed by atoms with Crippen LogP contribution in [0.15, 0.2) is 28.8 Å². The van der Waals surface area contributed by atoms with Gasteiger partial charge in [-0.15, -0.1) is 0 Å². The van der Waals surface area contributed by atoms with E-state index < -0.39 is 5.97 Å². The van der Waals surface area contributed by atoms with Gasteiger partial charge in [0.25, 0.3) is 0 Å². The van der Waals surface area contributed by atoms with E-state index in [2.05, 4.69) is 5.16 Å². The van der Waals surface area contributed by atoms with E-state index in [9.17, 15) is 4.79 Å². The number of carboxylic acids is 1. The predicted molar refractivity (Wildman–Crippen MR) is 64.5 cm³/mol. The molecule has 0 saturated carbocycles. The van der Waals surface area contributed by atoms with Gasteiger partial charge in [-0.2, -0.15) is 0 Å². The molecule has 1 aliphatic heterocycles. The molecule has 98 valence electrons. The van der Waals surface area contributed by atoms with Gasteiger partial charge in [0.1, 0.15) is 0 Å². The van der Waals surface area contributed by atoms with E-state index in [-0.39, 0.29) is 5.69 Å². The van der Waals surface area contributed by atoms with Crippen LogP contribution >= 0.6 is 0 Å². The number of nitrogens with zero attached hydrogens (tertiary/aromatic N) is 1. The quantitative estimate of drug-likeness (QED) is 0.892. The van der Waals surface area contributed by atoms with Crippen molar-refractivity contribution in [2.75, 3.05) is 13.2 Å². The lowest BCUT2D eigenvalue weighted by Gasteiger charge is -2.07. The largest absolute Gasteiger partial charge is 0.490 e. The first kappa shape index (κ1) is 11.6. The van der Waals surface area contributed by atoms with Gasteiger partial charge in [0.2, 0.25) is 0 Å². The second-order valence-corrected chi connectivity index (χ2v) is 4.09. The zero-order chi connectivity index (χ0) is 13.2. The fourth-order valence-corrected chi connectivity index (χ4v) is 1.83. The van der Waals surface area contributed by atoms with E-state index >= 15 is 0 Å². The highest BCUT2D eigenvalue weighted by Crippen LogP contribution is 2.34. The summed E-state index contributed by atoms with van der Waals surface area (Å²) in [5.41, 5.74) is 0.575. The summed E-state index contributed by atoms with van der Waals surface area (Å²) < 4.78 is 16.1. The summed E-state index contributed by atoms with van der Waals surface area (Å²) in [4.78, 5) is 10.8. The number of carbonyl (C=O) groups is 1. The lowest BCUT2D eigenvalue weighted by molar-refractivity contribution is 0.0686. The Morgan fingerprint density at radius 3 is 2.68 bits per heavy atom. The zero-order valence-electron chi connectivity index (χ0n) is 9.96. The Balaban J connectivity index is 1.96. The maximum atomic E-state index is 10.8. The summed E-state index contributed by atoms with van der Waals surface area (Å²) >= 11 is 0. The number of rotatable bonds is 2. The van der Waals surface area contributed by atoms with Crippen LogP contribution in [-0.4, -0.2) is 29.4 Å². The van der Waals surface area contributed by atoms with Crippen molar-refractivity contribution in [2.24, 2.45) is 0 Å². The third kappa shape index (κ3) is 2.24. The third-order valence-electron chi connectivity index (χ3n) is 2.76. The van der Waals surface area contributed by atoms with Crippen LogP contribution in [0.5, 0.6) is 11.5 Å². The SMILES string of the molecule is O=C(O)c1cc(-c2ccc3c(c2)OCCCO3)on1. The molecule has 0 atom stereocenters. The Labute approximate surface area is 108 Å². The van der Waals surface area contributed by atoms with Crippen molar-refractivity contribution in [2.45, 2.75) is 6.42 Å². The second-order valence-electron chi connectivity index (χ2n) is 4.09. The molecule has 3 rings (SSSR count). The van der Waals surface area contributed by atoms with Crippen LogP contribution in [0.2, 0.25) is 0 Å². The number of benzene rings is 1. The van der Waals surface area contributed by atoms with Gasteiger partial charge in [0.05, 0.1) is 13.2 Å². The lowest BCUT2D eigenvalue weighted by Crippen LogP contribution is -1.97. The van der Waals surface area contributed by atoms with Crippen molar-refractivity contribution in [3.8, 4) is 22.8 Å². The number of ether oxygens (including phenoxy) is 2. The van der Waals surface area contributed by atoms with Crippen LogP contribution < -0.4 is 9.47 Å². The number of hydrogen-bond acceptors (Lipinski definition) is 5. The Kier molecular flexibility index (Phi) is 2.83. The van der Waals surface area contributed by atoms with Gasteiger partial charge in [-0.05, 0) is 18.2 Å². The van der Waals surface area contributed by atoms with Crippen molar-refractivity contribution in [1.82, 2.24) is 5.16 Å². The Bertz CT molecular complexity index is 619. The molecule has 0 aliphatic carbocycles. The number of aromatic carboxylic acids is 1. The van der Waals surface area contributed by atoms with Crippen molar-refractivity contribution in [1.29, 1.82) is 0 Å². The number of fused-ring (bicyclic) bond motifs is 1. The minimum absolute atomic E-state index is 0.123. The molecule has 1 aromatic heterocycles. The Morgan fingerprint density at radius 2 is 1.95 bits per heavy atom. The molecule has 0 bridgehead atoms. The average molecular weight is 261 g/mol. The van der Waals surface area contributed by atoms with E-state index in [0.29, 0.717) is 36.0 Å². The van der Waals surface area contributed by atoms with E-state index in [1.807, 2.05) is 0 Å². The topological polar surface area (TPSA) is 81.8 Å². The third-order valence-corrected chi connectivity index (χ3v) is 2.76. The monoisotopic (exact) mass is 261 g/mol. The summed E-state index contributed by atoms with van der Waals surface area (Å²) in [6.07, 6.45) is 0.829. The molecule has 19 heavy (non-hydrogen) atoms. The zero-order valence-corrected chi connectivity index (χ0v) is 9.96. The maximum Gasteiger partial charge on any atom is 0.358 e. The minimum Gasteiger partial charge on any atom is -0.490 e. The fourth-order valence-electron chi connectivity index (χ4n) is 1.83. The van der Waals surface area contributed by atoms with Gasteiger partial charge in [-0.1, -0.05) is 5.16 Å². The Morgan fingerprint density at radius 1 is 1.16 bits per heavy atom. The second kappa shape index (κ2) is 4.64. The number of hydrogen-bond donors (Lipinski definition) is 1. The minimum atomic E-state index is -1.12. The number of aromatic nitrogens is 1. The van der Waals surface area contributed by atoms with Crippen molar-refractivity contribution < 1.29 is 23.9 Å². The first-order chi connectivity index (χ1) is 9.24. The first-order valence-corrected chi connectivity index (χ1v) is 5.84. The molecule has 0 spiro atoms. The summed E-state index contributed by atoms with van der Waals surface area (Å²) in [6.45, 7) is 1.21. The van der Waals surface area contributed by atoms with E-state index in [1.165, 1.54) is 6.07 Å². The summed E-state index contributed by atoms with van der Waals surface area (Å²) in [5.74, 6) is 0.569. The molecule has 0 fully saturated rings. The van der Waals surface area contributed by atoms with Crippen molar-refractivity contribution in [3.05, 3.63) is 30.0 Å². The van der Waals surface area contributed by atoms with Crippen LogP contribution in [0.3, 0.4) is 0 Å². The van der Waals surface area contributed by atoms with Gasteiger partial charge in [-0.25, -0.2) is 4.79 Å². The van der Waals surface area contributed by atoms with E-state index in [4.69, 9.17) is 19.1 Å². The van der Waals surface area contributed by atoms with Crippen LogP contribution in [-0.2, 0) is 0 Å². The molecule has 0 radical (unpaired) electrons. The highest BCUT2D eigenvalue weighted by atomic mass is 16.5. The van der Waals surface area contributed by atoms with Crippen LogP contribution in [0.4, 0.5) is 0 Å². The molecule has 1 aromatic carbocycles. The van der Waals surface area contributed by atoms with Crippen LogP contribution in [0, 0.1) is 0 Å². The normalized spacial score (nSPS) is 13.9. The molecule has 0 unspecified atom stereocenters. The fraction of sp³-hybridized carbons (Fsp3) is 0.231. The molecule has 2 aromatic rings. The average Bonchev–Trinajstić information content (AvgIpc) is 2.78. The predicted octanol–water partition coefficient (Wildman–Crippen LogP) is 2.20. The summed E-state index contributed by atoms with van der Waals surface area (Å²) in [6, 6.07) is 6.69. The molecule has 2 heterocycles. The van der Waals surface area contributed by atoms with Crippen LogP contribution in [0.1, 0.15) is 16.9 Å². The van der Waals surface area contributed by atoms with E-state index in [1.54, 1.807) is 18.2 Å². The molecule has 0 saturated heterocycles. The van der Waals surface area contributed by atoms with E-state index in [0.717, 1.165) is 6.42 Å². The lowest BCUT2D eigenvalue weighted by atomic mass is 10.1. The van der Waals surface area contributed by atoms with Gasteiger partial charge < -0.3 is 19.1 Å². The standard InChI is InChI=1S/C13H11NO5/c15-13(16)9-7-11(19-14-9)8-2-3-10-12(6-8)18-5-1-4-17-10/h2-3,6-7H,1,4-5H2,(H,15,16). The molecule has 1 N–H and O–H groups in total. The maximum absolute atomic E-state index is 10.8. The van der Waals surface area contributed by atoms with Gasteiger partial charge in [-0.3, -0.25) is 0 Å². The smallest absolute Gasteiger partial charge is 0.358 e. The molecule has 0 amide bonds. The van der Waals surface area contributed by atoms with Gasteiger partial charge in [0.15, 0.2) is 23.0 Å². The molecule has 6 nitrogen and oxygen atoms in total. The van der Waals surface area contributed by atoms with Crippen molar-refractivity contribution >= 4 is 5.97 Å². The van der Waals surface area contributed by atoms with Crippen molar-refractivity contribution in [3.63, 3.8) is 0 Å². The molecule has 1 aliphatic rings. The number of carboxylic acid groups (broad SMARTS) is 1. The van der Waals surface area contributed by atoms with Crippen LogP contribution in [0.25, 0.3) is 11.3 Å². The Hall–Kier alpha value is -2.50. The molecular formula is C13H11NO5. The first-order valence-electron chi connectivity index (χ1n) is 5.84. The molecular weight excluding hydrogens is 250 g/mol. The summed E-state index contributed by atoms with van der Waals surface area (Å²) in [7, 11) is 0. The highest BCUT2D eigenvalue weighted by molar-refractivity contribution is 5.86. The van der Waals surface area contributed by atoms with Gasteiger partial charge >= 0.3 is 5.97 Å². The molecule has 6 heteroatoms. The van der Waals surface area contributed by atoms with Gasteiger partial charge in [0, 0.05) is 18.1 Å². The summed E-state index contributed by atoms with van der Waals surface area (Å²) in [5, 5.41) is 12.3.